The van der Waals surface area contributed by atoms with E-state index in [4.69, 9.17) is 4.74 Å². The zero-order valence-electron chi connectivity index (χ0n) is 20.1. The van der Waals surface area contributed by atoms with E-state index in [1.165, 1.54) is 11.3 Å². The number of nitrogens with one attached hydrogen (secondary N) is 1. The van der Waals surface area contributed by atoms with E-state index in [2.05, 4.69) is 10.3 Å². The van der Waals surface area contributed by atoms with Gasteiger partial charge in [0.25, 0.3) is 0 Å². The molecule has 0 aliphatic carbocycles. The Hall–Kier alpha value is -2.77. The van der Waals surface area contributed by atoms with Gasteiger partial charge in [0.05, 0.1) is 21.0 Å². The van der Waals surface area contributed by atoms with Gasteiger partial charge < -0.3 is 15.0 Å². The van der Waals surface area contributed by atoms with E-state index in [0.29, 0.717) is 6.54 Å². The van der Waals surface area contributed by atoms with Crippen LogP contribution in [0.25, 0.3) is 10.1 Å². The Morgan fingerprint density at radius 1 is 1.15 bits per heavy atom. The number of anilines is 1. The van der Waals surface area contributed by atoms with Gasteiger partial charge in [-0.05, 0) is 62.5 Å². The molecule has 7 heteroatoms. The average Bonchev–Trinajstić information content (AvgIpc) is 3.22. The van der Waals surface area contributed by atoms with Crippen LogP contribution in [-0.4, -0.2) is 42.4 Å². The van der Waals surface area contributed by atoms with E-state index in [-0.39, 0.29) is 24.4 Å². The monoisotopic (exact) mass is 467 g/mol. The normalized spacial score (nSPS) is 12.7. The molecule has 1 N–H and O–H groups in total. The van der Waals surface area contributed by atoms with Crippen LogP contribution in [0.3, 0.4) is 0 Å². The van der Waals surface area contributed by atoms with Gasteiger partial charge in [0.15, 0.2) is 0 Å². The lowest BCUT2D eigenvalue weighted by atomic mass is 9.85. The number of likely N-dealkylation sites (N-methyl/N-ethyl adjacent to an activating group) is 1. The largest absolute Gasteiger partial charge is 0.460 e. The number of pyridine rings is 1. The number of fused-ring (bicyclic) bond motifs is 1. The highest BCUT2D eigenvalue weighted by Crippen LogP contribution is 2.30. The van der Waals surface area contributed by atoms with Crippen molar-refractivity contribution < 1.29 is 14.3 Å². The second-order valence-corrected chi connectivity index (χ2v) is 10.00. The van der Waals surface area contributed by atoms with Crippen LogP contribution >= 0.6 is 11.3 Å². The summed E-state index contributed by atoms with van der Waals surface area (Å²) < 4.78 is 6.60. The van der Waals surface area contributed by atoms with Gasteiger partial charge in [-0.25, -0.2) is 0 Å². The second kappa shape index (κ2) is 10.9. The minimum absolute atomic E-state index is 0.0518. The van der Waals surface area contributed by atoms with E-state index >= 15 is 0 Å². The molecule has 1 aromatic carbocycles. The Morgan fingerprint density at radius 3 is 2.45 bits per heavy atom. The number of rotatable bonds is 10. The number of carbonyl (C=O) groups is 2. The first-order valence-corrected chi connectivity index (χ1v) is 12.1. The van der Waals surface area contributed by atoms with Gasteiger partial charge in [-0.2, -0.15) is 0 Å². The zero-order chi connectivity index (χ0) is 24.0. The third-order valence-corrected chi connectivity index (χ3v) is 7.24. The summed E-state index contributed by atoms with van der Waals surface area (Å²) >= 11 is 1.52. The molecule has 0 spiro atoms. The topological polar surface area (TPSA) is 71.5 Å². The van der Waals surface area contributed by atoms with Crippen LogP contribution in [0.2, 0.25) is 0 Å². The summed E-state index contributed by atoms with van der Waals surface area (Å²) in [5.74, 6) is -0.549. The van der Waals surface area contributed by atoms with E-state index in [9.17, 15) is 9.59 Å². The fourth-order valence-electron chi connectivity index (χ4n) is 3.57. The van der Waals surface area contributed by atoms with Crippen molar-refractivity contribution in [1.29, 1.82) is 0 Å². The summed E-state index contributed by atoms with van der Waals surface area (Å²) in [5.41, 5.74) is 1.38. The predicted octanol–water partition coefficient (Wildman–Crippen LogP) is 5.45. The van der Waals surface area contributed by atoms with Gasteiger partial charge in [-0.1, -0.05) is 38.1 Å². The molecule has 33 heavy (non-hydrogen) atoms. The molecule has 2 heterocycles. The van der Waals surface area contributed by atoms with Crippen molar-refractivity contribution in [3.05, 3.63) is 59.9 Å². The van der Waals surface area contributed by atoms with Gasteiger partial charge in [-0.15, -0.1) is 11.3 Å². The maximum Gasteiger partial charge on any atom is 0.312 e. The van der Waals surface area contributed by atoms with Crippen LogP contribution in [0.1, 0.15) is 50.7 Å². The van der Waals surface area contributed by atoms with Crippen molar-refractivity contribution in [3.63, 3.8) is 0 Å². The van der Waals surface area contributed by atoms with E-state index in [1.54, 1.807) is 6.20 Å². The maximum absolute atomic E-state index is 13.2. The smallest absolute Gasteiger partial charge is 0.312 e. The summed E-state index contributed by atoms with van der Waals surface area (Å²) in [6.07, 6.45) is 5.05. The Balaban J connectivity index is 1.70. The van der Waals surface area contributed by atoms with Gasteiger partial charge in [-0.3, -0.25) is 14.6 Å². The molecule has 1 atom stereocenters. The lowest BCUT2D eigenvalue weighted by Crippen LogP contribution is -2.30. The number of aromatic nitrogens is 1. The zero-order valence-corrected chi connectivity index (χ0v) is 20.9. The molecular formula is C26H33N3O3S. The molecule has 3 aromatic rings. The average molecular weight is 468 g/mol. The highest BCUT2D eigenvalue weighted by atomic mass is 32.1. The highest BCUT2D eigenvalue weighted by molar-refractivity contribution is 7.22. The first kappa shape index (κ1) is 24.9. The van der Waals surface area contributed by atoms with Gasteiger partial charge in [0.2, 0.25) is 5.91 Å². The summed E-state index contributed by atoms with van der Waals surface area (Å²) in [4.78, 5) is 31.8. The first-order chi connectivity index (χ1) is 15.8. The molecule has 3 rings (SSSR count). The first-order valence-electron chi connectivity index (χ1n) is 11.3. The molecule has 0 aliphatic heterocycles. The molecule has 0 radical (unpaired) electrons. The van der Waals surface area contributed by atoms with Gasteiger partial charge >= 0.3 is 5.97 Å². The van der Waals surface area contributed by atoms with Gasteiger partial charge in [0.1, 0.15) is 6.61 Å². The van der Waals surface area contributed by atoms with Crippen molar-refractivity contribution in [2.24, 2.45) is 5.41 Å². The Kier molecular flexibility index (Phi) is 8.21. The SMILES string of the molecule is CCC(C)(CC)C(=O)OCc1ccc([C@@H](CN(C)C)C(=O)Nc2cc3ccncc3s2)cc1. The predicted molar refractivity (Wildman–Crippen MR) is 134 cm³/mol. The molecule has 0 aliphatic rings. The highest BCUT2D eigenvalue weighted by Gasteiger charge is 2.31. The Labute approximate surface area is 200 Å². The van der Waals surface area contributed by atoms with Crippen LogP contribution in [0.4, 0.5) is 5.00 Å². The molecule has 0 bridgehead atoms. The van der Waals surface area contributed by atoms with Crippen LogP contribution in [-0.2, 0) is 20.9 Å². The quantitative estimate of drug-likeness (QED) is 0.402. The minimum Gasteiger partial charge on any atom is -0.460 e. The summed E-state index contributed by atoms with van der Waals surface area (Å²) in [7, 11) is 3.91. The van der Waals surface area contributed by atoms with Gasteiger partial charge in [0, 0.05) is 18.9 Å². The van der Waals surface area contributed by atoms with Crippen molar-refractivity contribution in [2.75, 3.05) is 26.0 Å². The maximum atomic E-state index is 13.2. The van der Waals surface area contributed by atoms with Crippen LogP contribution < -0.4 is 5.32 Å². The minimum atomic E-state index is -0.447. The number of carbonyl (C=O) groups excluding carboxylic acids is 2. The lowest BCUT2D eigenvalue weighted by Gasteiger charge is -2.24. The van der Waals surface area contributed by atoms with Crippen LogP contribution in [0, 0.1) is 5.41 Å². The standard InChI is InChI=1S/C26H33N3O3S/c1-6-26(3,7-2)25(31)32-17-18-8-10-19(11-9-18)21(16-29(4)5)24(30)28-23-14-20-12-13-27-15-22(20)33-23/h8-15,21H,6-7,16-17H2,1-5H3,(H,28,30)/t21-/m1/s1. The third-order valence-electron chi connectivity index (χ3n) is 6.24. The Morgan fingerprint density at radius 2 is 1.85 bits per heavy atom. The molecule has 0 unspecified atom stereocenters. The van der Waals surface area contributed by atoms with Crippen molar-refractivity contribution in [2.45, 2.75) is 46.1 Å². The van der Waals surface area contributed by atoms with Crippen molar-refractivity contribution >= 4 is 38.3 Å². The molecule has 1 amide bonds. The molecule has 6 nitrogen and oxygen atoms in total. The van der Waals surface area contributed by atoms with E-state index in [1.807, 2.05) is 82.4 Å². The third kappa shape index (κ3) is 6.18. The van der Waals surface area contributed by atoms with E-state index < -0.39 is 5.41 Å². The van der Waals surface area contributed by atoms with Crippen molar-refractivity contribution in [1.82, 2.24) is 9.88 Å². The number of esters is 1. The summed E-state index contributed by atoms with van der Waals surface area (Å²) in [5, 5.41) is 4.95. The molecule has 2 aromatic heterocycles. The summed E-state index contributed by atoms with van der Waals surface area (Å²) in [6, 6.07) is 11.7. The fourth-order valence-corrected chi connectivity index (χ4v) is 4.50. The lowest BCUT2D eigenvalue weighted by molar-refractivity contribution is -0.156. The number of hydrogen-bond donors (Lipinski definition) is 1. The molecule has 0 saturated carbocycles. The second-order valence-electron chi connectivity index (χ2n) is 8.91. The number of benzene rings is 1. The van der Waals surface area contributed by atoms with Crippen LogP contribution in [0.5, 0.6) is 0 Å². The summed E-state index contributed by atoms with van der Waals surface area (Å²) in [6.45, 7) is 6.76. The number of hydrogen-bond acceptors (Lipinski definition) is 6. The molecule has 0 saturated heterocycles. The molecular weight excluding hydrogens is 434 g/mol. The molecule has 176 valence electrons. The fraction of sp³-hybridized carbons (Fsp3) is 0.423. The van der Waals surface area contributed by atoms with Crippen molar-refractivity contribution in [3.8, 4) is 0 Å². The molecule has 0 fully saturated rings. The number of thiophene rings is 1. The number of nitrogens with zero attached hydrogens (tertiary/aromatic N) is 2. The van der Waals surface area contributed by atoms with E-state index in [0.717, 1.165) is 39.1 Å². The Bertz CT molecular complexity index is 1050. The number of amides is 1. The number of ether oxygens (including phenoxy) is 1. The van der Waals surface area contributed by atoms with Crippen LogP contribution in [0.15, 0.2) is 48.8 Å².